The summed E-state index contributed by atoms with van der Waals surface area (Å²) in [6.45, 7) is 1.89. The zero-order chi connectivity index (χ0) is 13.9. The fourth-order valence-electron chi connectivity index (χ4n) is 2.34. The van der Waals surface area contributed by atoms with Gasteiger partial charge in [0.15, 0.2) is 0 Å². The number of rotatable bonds is 4. The molecule has 8 nitrogen and oxygen atoms in total. The van der Waals surface area contributed by atoms with E-state index in [1.165, 1.54) is 6.33 Å². The molecule has 1 aromatic heterocycles. The van der Waals surface area contributed by atoms with Crippen molar-refractivity contribution in [2.45, 2.75) is 38.8 Å². The first-order valence-electron chi connectivity index (χ1n) is 6.14. The molecule has 1 aromatic rings. The smallest absolute Gasteiger partial charge is 0.315 e. The van der Waals surface area contributed by atoms with Gasteiger partial charge in [0.25, 0.3) is 0 Å². The van der Waals surface area contributed by atoms with Crippen LogP contribution >= 0.6 is 0 Å². The summed E-state index contributed by atoms with van der Waals surface area (Å²) in [4.78, 5) is 26.9. The van der Waals surface area contributed by atoms with Gasteiger partial charge in [-0.05, 0) is 19.8 Å². The van der Waals surface area contributed by atoms with E-state index in [1.54, 1.807) is 6.92 Å². The first kappa shape index (κ1) is 13.3. The molecule has 1 saturated carbocycles. The molecule has 0 radical (unpaired) electrons. The Balaban J connectivity index is 1.86. The van der Waals surface area contributed by atoms with Crippen molar-refractivity contribution in [3.8, 4) is 0 Å². The van der Waals surface area contributed by atoms with Crippen LogP contribution in [0, 0.1) is 5.41 Å². The van der Waals surface area contributed by atoms with Crippen LogP contribution in [0.3, 0.4) is 0 Å². The largest absolute Gasteiger partial charge is 0.481 e. The van der Waals surface area contributed by atoms with Gasteiger partial charge in [0, 0.05) is 6.04 Å². The molecule has 1 heterocycles. The standard InChI is InChI=1S/C11H17N5O3/c1-11(9(17)18)4-2-3-7(11)15-10(19)12-5-8-13-6-14-16-8/h6-7H,2-5H2,1H3,(H,17,18)(H2,12,15,19)(H,13,14,16). The first-order valence-corrected chi connectivity index (χ1v) is 6.14. The highest BCUT2D eigenvalue weighted by molar-refractivity contribution is 5.79. The van der Waals surface area contributed by atoms with Crippen LogP contribution < -0.4 is 10.6 Å². The molecule has 1 aliphatic carbocycles. The average Bonchev–Trinajstić information content (AvgIpc) is 2.98. The van der Waals surface area contributed by atoms with E-state index in [2.05, 4.69) is 25.8 Å². The maximum atomic E-state index is 11.7. The van der Waals surface area contributed by atoms with Gasteiger partial charge in [-0.2, -0.15) is 5.10 Å². The topological polar surface area (TPSA) is 120 Å². The number of nitrogens with zero attached hydrogens (tertiary/aromatic N) is 2. The second kappa shape index (κ2) is 5.25. The van der Waals surface area contributed by atoms with Crippen LogP contribution in [0.15, 0.2) is 6.33 Å². The van der Waals surface area contributed by atoms with Crippen LogP contribution in [0.2, 0.25) is 0 Å². The molecule has 0 saturated heterocycles. The average molecular weight is 267 g/mol. The Morgan fingerprint density at radius 2 is 2.42 bits per heavy atom. The quantitative estimate of drug-likeness (QED) is 0.623. The molecule has 4 N–H and O–H groups in total. The summed E-state index contributed by atoms with van der Waals surface area (Å²) >= 11 is 0. The third-order valence-corrected chi connectivity index (χ3v) is 3.63. The van der Waals surface area contributed by atoms with Gasteiger partial charge in [-0.1, -0.05) is 6.42 Å². The molecule has 0 aromatic carbocycles. The summed E-state index contributed by atoms with van der Waals surface area (Å²) in [5.41, 5.74) is -0.885. The Bertz CT molecular complexity index is 461. The number of aromatic amines is 1. The Morgan fingerprint density at radius 3 is 3.05 bits per heavy atom. The van der Waals surface area contributed by atoms with Gasteiger partial charge in [-0.25, -0.2) is 9.78 Å². The maximum absolute atomic E-state index is 11.7. The number of urea groups is 1. The van der Waals surface area contributed by atoms with Crippen molar-refractivity contribution >= 4 is 12.0 Å². The van der Waals surface area contributed by atoms with E-state index in [1.807, 2.05) is 0 Å². The zero-order valence-corrected chi connectivity index (χ0v) is 10.6. The van der Waals surface area contributed by atoms with Gasteiger partial charge in [0.2, 0.25) is 0 Å². The fourth-order valence-corrected chi connectivity index (χ4v) is 2.34. The number of aromatic nitrogens is 3. The summed E-state index contributed by atoms with van der Waals surface area (Å²) in [6, 6.07) is -0.740. The van der Waals surface area contributed by atoms with Gasteiger partial charge < -0.3 is 15.7 Å². The van der Waals surface area contributed by atoms with E-state index in [9.17, 15) is 14.7 Å². The van der Waals surface area contributed by atoms with Crippen molar-refractivity contribution in [2.75, 3.05) is 0 Å². The molecular weight excluding hydrogens is 250 g/mol. The number of aliphatic carboxylic acids is 1. The number of carbonyl (C=O) groups is 2. The second-order valence-electron chi connectivity index (χ2n) is 4.93. The van der Waals surface area contributed by atoms with Crippen LogP contribution in [-0.4, -0.2) is 38.3 Å². The molecule has 2 rings (SSSR count). The van der Waals surface area contributed by atoms with E-state index in [4.69, 9.17) is 0 Å². The summed E-state index contributed by atoms with van der Waals surface area (Å²) in [7, 11) is 0. The van der Waals surface area contributed by atoms with Crippen molar-refractivity contribution in [3.63, 3.8) is 0 Å². The Labute approximate surface area is 110 Å². The van der Waals surface area contributed by atoms with Gasteiger partial charge >= 0.3 is 12.0 Å². The minimum Gasteiger partial charge on any atom is -0.481 e. The molecule has 2 atom stereocenters. The summed E-state index contributed by atoms with van der Waals surface area (Å²) in [5, 5.41) is 20.9. The monoisotopic (exact) mass is 267 g/mol. The van der Waals surface area contributed by atoms with Gasteiger partial charge in [0.1, 0.15) is 12.2 Å². The lowest BCUT2D eigenvalue weighted by atomic mass is 9.85. The van der Waals surface area contributed by atoms with Gasteiger partial charge in [-0.15, -0.1) is 0 Å². The van der Waals surface area contributed by atoms with Crippen LogP contribution in [0.4, 0.5) is 4.79 Å². The molecule has 1 fully saturated rings. The van der Waals surface area contributed by atoms with Crippen LogP contribution in [0.25, 0.3) is 0 Å². The second-order valence-corrected chi connectivity index (χ2v) is 4.93. The Hall–Kier alpha value is -2.12. The molecule has 1 aliphatic rings. The number of carboxylic acids is 1. The molecule has 104 valence electrons. The minimum absolute atomic E-state index is 0.225. The third-order valence-electron chi connectivity index (χ3n) is 3.63. The molecule has 0 spiro atoms. The van der Waals surface area contributed by atoms with E-state index in [0.29, 0.717) is 18.7 Å². The molecule has 8 heteroatoms. The third kappa shape index (κ3) is 2.83. The Morgan fingerprint density at radius 1 is 1.63 bits per heavy atom. The van der Waals surface area contributed by atoms with E-state index < -0.39 is 17.4 Å². The van der Waals surface area contributed by atoms with E-state index in [0.717, 1.165) is 6.42 Å². The normalized spacial score (nSPS) is 26.1. The number of amides is 2. The lowest BCUT2D eigenvalue weighted by molar-refractivity contribution is -0.148. The zero-order valence-electron chi connectivity index (χ0n) is 10.6. The number of nitrogens with one attached hydrogen (secondary N) is 3. The molecule has 2 unspecified atom stereocenters. The summed E-state index contributed by atoms with van der Waals surface area (Å²) in [5.74, 6) is -0.326. The summed E-state index contributed by atoms with van der Waals surface area (Å²) in [6.07, 6.45) is 3.41. The lowest BCUT2D eigenvalue weighted by Gasteiger charge is -2.27. The molecule has 0 bridgehead atoms. The highest BCUT2D eigenvalue weighted by atomic mass is 16.4. The lowest BCUT2D eigenvalue weighted by Crippen LogP contribution is -2.50. The minimum atomic E-state index is -0.885. The number of hydrogen-bond donors (Lipinski definition) is 4. The number of hydrogen-bond acceptors (Lipinski definition) is 4. The van der Waals surface area contributed by atoms with Crippen LogP contribution in [-0.2, 0) is 11.3 Å². The number of H-pyrrole nitrogens is 1. The molecular formula is C11H17N5O3. The fraction of sp³-hybridized carbons (Fsp3) is 0.636. The number of carboxylic acid groups (broad SMARTS) is 1. The highest BCUT2D eigenvalue weighted by Crippen LogP contribution is 2.38. The van der Waals surface area contributed by atoms with Gasteiger partial charge in [0.05, 0.1) is 12.0 Å². The first-order chi connectivity index (χ1) is 9.02. The highest BCUT2D eigenvalue weighted by Gasteiger charge is 2.45. The molecule has 2 amide bonds. The predicted molar refractivity (Wildman–Crippen MR) is 65.1 cm³/mol. The summed E-state index contributed by atoms with van der Waals surface area (Å²) < 4.78 is 0. The van der Waals surface area contributed by atoms with Crippen molar-refractivity contribution in [3.05, 3.63) is 12.2 Å². The SMILES string of the molecule is CC1(C(=O)O)CCCC1NC(=O)NCc1ncn[nH]1. The Kier molecular flexibility index (Phi) is 3.68. The predicted octanol–water partition coefficient (Wildman–Crippen LogP) is 0.247. The molecule has 0 aliphatic heterocycles. The van der Waals surface area contributed by atoms with Crippen LogP contribution in [0.5, 0.6) is 0 Å². The molecule has 19 heavy (non-hydrogen) atoms. The van der Waals surface area contributed by atoms with Crippen molar-refractivity contribution < 1.29 is 14.7 Å². The van der Waals surface area contributed by atoms with Crippen molar-refractivity contribution in [1.29, 1.82) is 0 Å². The van der Waals surface area contributed by atoms with Crippen molar-refractivity contribution in [1.82, 2.24) is 25.8 Å². The van der Waals surface area contributed by atoms with E-state index in [-0.39, 0.29) is 12.6 Å². The number of carbonyl (C=O) groups excluding carboxylic acids is 1. The van der Waals surface area contributed by atoms with Gasteiger partial charge in [-0.3, -0.25) is 9.89 Å². The van der Waals surface area contributed by atoms with E-state index >= 15 is 0 Å². The van der Waals surface area contributed by atoms with Crippen molar-refractivity contribution in [2.24, 2.45) is 5.41 Å². The maximum Gasteiger partial charge on any atom is 0.315 e. The van der Waals surface area contributed by atoms with Crippen LogP contribution in [0.1, 0.15) is 32.0 Å².